The molecule has 3 N–H and O–H groups in total. The number of piperidine rings is 1. The third kappa shape index (κ3) is 5.47. The van der Waals surface area contributed by atoms with Crippen LogP contribution in [0.1, 0.15) is 32.6 Å². The molecule has 4 heteroatoms. The van der Waals surface area contributed by atoms with Crippen LogP contribution in [-0.4, -0.2) is 37.3 Å². The summed E-state index contributed by atoms with van der Waals surface area (Å²) < 4.78 is 0. The quantitative estimate of drug-likeness (QED) is 0.621. The summed E-state index contributed by atoms with van der Waals surface area (Å²) in [5.74, 6) is 0.990. The van der Waals surface area contributed by atoms with E-state index in [-0.39, 0.29) is 18.4 Å². The molecule has 0 aromatic heterocycles. The van der Waals surface area contributed by atoms with Gasteiger partial charge in [-0.3, -0.25) is 4.79 Å². The second-order valence-corrected chi connectivity index (χ2v) is 4.82. The Morgan fingerprint density at radius 1 is 1.50 bits per heavy atom. The fraction of sp³-hybridized carbons (Fsp3) is 0.917. The van der Waals surface area contributed by atoms with Crippen LogP contribution in [0.25, 0.3) is 0 Å². The molecule has 94 valence electrons. The Kier molecular flexibility index (Phi) is 6.42. The van der Waals surface area contributed by atoms with E-state index in [1.807, 2.05) is 6.92 Å². The molecule has 1 heterocycles. The third-order valence-electron chi connectivity index (χ3n) is 3.20. The number of carbonyl (C=O) groups excluding carboxylic acids is 1. The van der Waals surface area contributed by atoms with E-state index in [1.165, 1.54) is 12.8 Å². The van der Waals surface area contributed by atoms with Crippen LogP contribution >= 0.6 is 0 Å². The molecule has 0 aromatic rings. The number of amides is 1. The summed E-state index contributed by atoms with van der Waals surface area (Å²) in [6.45, 7) is 4.82. The molecule has 0 radical (unpaired) electrons. The first-order valence-corrected chi connectivity index (χ1v) is 6.30. The number of hydrogen-bond donors (Lipinski definition) is 3. The number of carbonyl (C=O) groups is 1. The van der Waals surface area contributed by atoms with Crippen LogP contribution in [0, 0.1) is 11.8 Å². The number of rotatable bonds is 6. The first-order chi connectivity index (χ1) is 7.72. The largest absolute Gasteiger partial charge is 0.396 e. The van der Waals surface area contributed by atoms with Crippen LogP contribution in [0.15, 0.2) is 0 Å². The highest BCUT2D eigenvalue weighted by Crippen LogP contribution is 2.17. The Hall–Kier alpha value is -0.610. The van der Waals surface area contributed by atoms with Crippen molar-refractivity contribution in [1.29, 1.82) is 0 Å². The van der Waals surface area contributed by atoms with Crippen molar-refractivity contribution in [3.05, 3.63) is 0 Å². The summed E-state index contributed by atoms with van der Waals surface area (Å²) in [6.07, 6.45) is 4.02. The Balaban J connectivity index is 2.05. The van der Waals surface area contributed by atoms with Gasteiger partial charge in [-0.2, -0.15) is 0 Å². The van der Waals surface area contributed by atoms with Gasteiger partial charge in [0.2, 0.25) is 5.91 Å². The molecule has 1 rings (SSSR count). The Morgan fingerprint density at radius 2 is 2.19 bits per heavy atom. The third-order valence-corrected chi connectivity index (χ3v) is 3.20. The lowest BCUT2D eigenvalue weighted by molar-refractivity contribution is -0.121. The van der Waals surface area contributed by atoms with E-state index >= 15 is 0 Å². The van der Waals surface area contributed by atoms with Gasteiger partial charge in [-0.1, -0.05) is 6.92 Å². The smallest absolute Gasteiger partial charge is 0.220 e. The van der Waals surface area contributed by atoms with Gasteiger partial charge >= 0.3 is 0 Å². The van der Waals surface area contributed by atoms with Crippen molar-refractivity contribution >= 4 is 5.91 Å². The van der Waals surface area contributed by atoms with E-state index in [0.29, 0.717) is 18.9 Å². The number of aliphatic hydroxyl groups excluding tert-OH is 1. The Morgan fingerprint density at radius 3 is 2.81 bits per heavy atom. The molecule has 0 aliphatic carbocycles. The van der Waals surface area contributed by atoms with Gasteiger partial charge in [-0.15, -0.1) is 0 Å². The molecule has 1 fully saturated rings. The highest BCUT2D eigenvalue weighted by Gasteiger charge is 2.14. The van der Waals surface area contributed by atoms with Gasteiger partial charge in [0.05, 0.1) is 0 Å². The van der Waals surface area contributed by atoms with Gasteiger partial charge in [0.15, 0.2) is 0 Å². The van der Waals surface area contributed by atoms with E-state index in [4.69, 9.17) is 5.11 Å². The minimum absolute atomic E-state index is 0.124. The minimum atomic E-state index is 0.124. The maximum Gasteiger partial charge on any atom is 0.220 e. The summed E-state index contributed by atoms with van der Waals surface area (Å²) in [6, 6.07) is 0. The zero-order valence-electron chi connectivity index (χ0n) is 10.2. The molecular weight excluding hydrogens is 204 g/mol. The van der Waals surface area contributed by atoms with Crippen LogP contribution < -0.4 is 10.6 Å². The number of hydrogen-bond acceptors (Lipinski definition) is 3. The van der Waals surface area contributed by atoms with Gasteiger partial charge in [-0.05, 0) is 44.2 Å². The van der Waals surface area contributed by atoms with Crippen LogP contribution in [0.5, 0.6) is 0 Å². The van der Waals surface area contributed by atoms with Crippen LogP contribution in [0.3, 0.4) is 0 Å². The summed E-state index contributed by atoms with van der Waals surface area (Å²) in [4.78, 5) is 11.5. The van der Waals surface area contributed by atoms with Crippen LogP contribution in [0.2, 0.25) is 0 Å². The fourth-order valence-corrected chi connectivity index (χ4v) is 1.95. The van der Waals surface area contributed by atoms with E-state index < -0.39 is 0 Å². The van der Waals surface area contributed by atoms with Gasteiger partial charge in [0, 0.05) is 19.6 Å². The zero-order chi connectivity index (χ0) is 11.8. The summed E-state index contributed by atoms with van der Waals surface area (Å²) >= 11 is 0. The molecule has 1 saturated heterocycles. The Bertz CT molecular complexity index is 203. The molecule has 1 aliphatic rings. The molecule has 0 aromatic carbocycles. The van der Waals surface area contributed by atoms with Crippen molar-refractivity contribution in [1.82, 2.24) is 10.6 Å². The number of nitrogens with one attached hydrogen (secondary N) is 2. The van der Waals surface area contributed by atoms with Gasteiger partial charge in [-0.25, -0.2) is 0 Å². The maximum absolute atomic E-state index is 11.5. The highest BCUT2D eigenvalue weighted by molar-refractivity contribution is 5.75. The highest BCUT2D eigenvalue weighted by atomic mass is 16.3. The molecule has 4 nitrogen and oxygen atoms in total. The lowest BCUT2D eigenvalue weighted by Gasteiger charge is -2.22. The second-order valence-electron chi connectivity index (χ2n) is 4.82. The molecule has 0 bridgehead atoms. The molecule has 1 unspecified atom stereocenters. The van der Waals surface area contributed by atoms with Gasteiger partial charge in [0.1, 0.15) is 0 Å². The van der Waals surface area contributed by atoms with Gasteiger partial charge in [0.25, 0.3) is 0 Å². The monoisotopic (exact) mass is 228 g/mol. The van der Waals surface area contributed by atoms with Crippen molar-refractivity contribution in [3.8, 4) is 0 Å². The normalized spacial score (nSPS) is 19.4. The van der Waals surface area contributed by atoms with Gasteiger partial charge < -0.3 is 15.7 Å². The first-order valence-electron chi connectivity index (χ1n) is 6.30. The topological polar surface area (TPSA) is 61.4 Å². The van der Waals surface area contributed by atoms with Crippen LogP contribution in [-0.2, 0) is 4.79 Å². The standard InChI is InChI=1S/C12H24N2O2/c1-10(9-15)8-14-12(16)3-2-11-4-6-13-7-5-11/h10-11,13,15H,2-9H2,1H3,(H,14,16). The lowest BCUT2D eigenvalue weighted by atomic mass is 9.93. The van der Waals surface area contributed by atoms with E-state index in [1.54, 1.807) is 0 Å². The van der Waals surface area contributed by atoms with E-state index in [2.05, 4.69) is 10.6 Å². The van der Waals surface area contributed by atoms with Crippen molar-refractivity contribution in [3.63, 3.8) is 0 Å². The summed E-state index contributed by atoms with van der Waals surface area (Å²) in [5.41, 5.74) is 0. The second kappa shape index (κ2) is 7.63. The molecule has 1 atom stereocenters. The van der Waals surface area contributed by atoms with E-state index in [9.17, 15) is 4.79 Å². The molecule has 16 heavy (non-hydrogen) atoms. The molecule has 0 saturated carbocycles. The predicted molar refractivity (Wildman–Crippen MR) is 64.1 cm³/mol. The van der Waals surface area contributed by atoms with Crippen molar-refractivity contribution in [2.24, 2.45) is 11.8 Å². The zero-order valence-corrected chi connectivity index (χ0v) is 10.2. The van der Waals surface area contributed by atoms with Crippen molar-refractivity contribution in [2.75, 3.05) is 26.2 Å². The van der Waals surface area contributed by atoms with E-state index in [0.717, 1.165) is 19.5 Å². The molecule has 1 amide bonds. The summed E-state index contributed by atoms with van der Waals surface area (Å²) in [7, 11) is 0. The first kappa shape index (κ1) is 13.5. The number of aliphatic hydroxyl groups is 1. The maximum atomic E-state index is 11.5. The SMILES string of the molecule is CC(CO)CNC(=O)CCC1CCNCC1. The average molecular weight is 228 g/mol. The minimum Gasteiger partial charge on any atom is -0.396 e. The molecular formula is C12H24N2O2. The summed E-state index contributed by atoms with van der Waals surface area (Å²) in [5, 5.41) is 15.0. The average Bonchev–Trinajstić information content (AvgIpc) is 2.34. The van der Waals surface area contributed by atoms with Crippen molar-refractivity contribution in [2.45, 2.75) is 32.6 Å². The molecule has 1 aliphatic heterocycles. The molecule has 0 spiro atoms. The Labute approximate surface area is 97.8 Å². The van der Waals surface area contributed by atoms with Crippen molar-refractivity contribution < 1.29 is 9.90 Å². The lowest BCUT2D eigenvalue weighted by Crippen LogP contribution is -2.31. The predicted octanol–water partition coefficient (Wildman–Crippen LogP) is 0.511. The fourth-order valence-electron chi connectivity index (χ4n) is 1.95. The van der Waals surface area contributed by atoms with Crippen LogP contribution in [0.4, 0.5) is 0 Å².